The monoisotopic (exact) mass is 327 g/mol. The van der Waals surface area contributed by atoms with Crippen LogP contribution in [0.4, 0.5) is 14.9 Å². The lowest BCUT2D eigenvalue weighted by molar-refractivity contribution is 0.182. The molecule has 2 amide bonds. The van der Waals surface area contributed by atoms with Crippen LogP contribution in [0, 0.1) is 11.7 Å². The zero-order valence-electron chi connectivity index (χ0n) is 12.9. The minimum absolute atomic E-state index is 0.0461. The van der Waals surface area contributed by atoms with Crippen molar-refractivity contribution >= 4 is 23.3 Å². The Balaban J connectivity index is 1.71. The molecule has 1 aromatic carbocycles. The molecular formula is C16H23ClFN3O. The van der Waals surface area contributed by atoms with Crippen molar-refractivity contribution in [1.82, 2.24) is 10.2 Å². The fourth-order valence-corrected chi connectivity index (χ4v) is 2.83. The number of urea groups is 1. The number of likely N-dealkylation sites (tertiary alicyclic amines) is 1. The van der Waals surface area contributed by atoms with Gasteiger partial charge in [-0.1, -0.05) is 18.5 Å². The third-order valence-electron chi connectivity index (χ3n) is 3.98. The van der Waals surface area contributed by atoms with E-state index < -0.39 is 5.82 Å². The molecule has 122 valence electrons. The number of rotatable bonds is 5. The summed E-state index contributed by atoms with van der Waals surface area (Å²) in [6.07, 6.45) is 3.40. The number of carbonyl (C=O) groups is 1. The number of benzene rings is 1. The molecule has 1 fully saturated rings. The van der Waals surface area contributed by atoms with E-state index in [4.69, 9.17) is 11.6 Å². The highest BCUT2D eigenvalue weighted by Crippen LogP contribution is 2.19. The van der Waals surface area contributed by atoms with E-state index in [2.05, 4.69) is 22.5 Å². The molecule has 1 heterocycles. The molecule has 6 heteroatoms. The van der Waals surface area contributed by atoms with E-state index in [0.29, 0.717) is 18.2 Å². The maximum atomic E-state index is 13.3. The molecule has 0 bridgehead atoms. The lowest BCUT2D eigenvalue weighted by Gasteiger charge is -2.31. The third kappa shape index (κ3) is 5.14. The molecule has 0 aromatic heterocycles. The zero-order chi connectivity index (χ0) is 15.9. The molecular weight excluding hydrogens is 305 g/mol. The second kappa shape index (κ2) is 8.34. The van der Waals surface area contributed by atoms with Crippen LogP contribution in [0.25, 0.3) is 0 Å². The van der Waals surface area contributed by atoms with Gasteiger partial charge in [-0.25, -0.2) is 9.18 Å². The molecule has 1 aliphatic heterocycles. The van der Waals surface area contributed by atoms with Gasteiger partial charge in [0.2, 0.25) is 0 Å². The summed E-state index contributed by atoms with van der Waals surface area (Å²) in [5.41, 5.74) is 0.400. The van der Waals surface area contributed by atoms with E-state index in [0.717, 1.165) is 32.5 Å². The third-order valence-corrected chi connectivity index (χ3v) is 4.28. The van der Waals surface area contributed by atoms with E-state index in [1.54, 1.807) is 6.07 Å². The van der Waals surface area contributed by atoms with Gasteiger partial charge in [0.1, 0.15) is 5.82 Å². The van der Waals surface area contributed by atoms with Crippen LogP contribution in [0.15, 0.2) is 18.2 Å². The summed E-state index contributed by atoms with van der Waals surface area (Å²) in [5.74, 6) is -0.0245. The van der Waals surface area contributed by atoms with E-state index >= 15 is 0 Å². The van der Waals surface area contributed by atoms with Gasteiger partial charge in [-0.05, 0) is 63.0 Å². The molecule has 0 saturated carbocycles. The number of halogens is 2. The molecule has 2 rings (SSSR count). The Hall–Kier alpha value is -1.33. The van der Waals surface area contributed by atoms with Gasteiger partial charge in [-0.2, -0.15) is 0 Å². The first-order chi connectivity index (χ1) is 10.6. The van der Waals surface area contributed by atoms with E-state index in [1.807, 2.05) is 0 Å². The normalized spacial score (nSPS) is 16.5. The summed E-state index contributed by atoms with van der Waals surface area (Å²) in [4.78, 5) is 14.3. The van der Waals surface area contributed by atoms with E-state index in [-0.39, 0.29) is 11.1 Å². The smallest absolute Gasteiger partial charge is 0.319 e. The summed E-state index contributed by atoms with van der Waals surface area (Å²) in [7, 11) is 0. The van der Waals surface area contributed by atoms with Crippen molar-refractivity contribution in [3.63, 3.8) is 0 Å². The highest BCUT2D eigenvalue weighted by molar-refractivity contribution is 6.30. The summed E-state index contributed by atoms with van der Waals surface area (Å²) in [6, 6.07) is 3.91. The van der Waals surface area contributed by atoms with Crippen molar-refractivity contribution in [1.29, 1.82) is 0 Å². The Morgan fingerprint density at radius 2 is 2.14 bits per heavy atom. The van der Waals surface area contributed by atoms with Crippen molar-refractivity contribution in [3.05, 3.63) is 29.0 Å². The Labute approximate surface area is 136 Å². The van der Waals surface area contributed by atoms with Crippen molar-refractivity contribution < 1.29 is 9.18 Å². The Morgan fingerprint density at radius 3 is 2.77 bits per heavy atom. The van der Waals surface area contributed by atoms with E-state index in [9.17, 15) is 9.18 Å². The Morgan fingerprint density at radius 1 is 1.41 bits per heavy atom. The maximum Gasteiger partial charge on any atom is 0.319 e. The summed E-state index contributed by atoms with van der Waals surface area (Å²) in [5, 5.41) is 5.52. The highest BCUT2D eigenvalue weighted by atomic mass is 35.5. The number of piperidine rings is 1. The first kappa shape index (κ1) is 17.0. The largest absolute Gasteiger partial charge is 0.338 e. The standard InChI is InChI=1S/C16H23ClFN3O/c1-2-7-21-8-5-12(6-9-21)11-19-16(22)20-13-3-4-14(17)15(18)10-13/h3-4,10,12H,2,5-9,11H2,1H3,(H2,19,20,22). The topological polar surface area (TPSA) is 44.4 Å². The molecule has 1 aliphatic rings. The fraction of sp³-hybridized carbons (Fsp3) is 0.562. The molecule has 1 aromatic rings. The summed E-state index contributed by atoms with van der Waals surface area (Å²) < 4.78 is 13.3. The highest BCUT2D eigenvalue weighted by Gasteiger charge is 2.19. The van der Waals surface area contributed by atoms with Crippen LogP contribution in [0.1, 0.15) is 26.2 Å². The van der Waals surface area contributed by atoms with Gasteiger partial charge >= 0.3 is 6.03 Å². The van der Waals surface area contributed by atoms with Gasteiger partial charge in [-0.3, -0.25) is 0 Å². The lowest BCUT2D eigenvalue weighted by Crippen LogP contribution is -2.40. The van der Waals surface area contributed by atoms with Crippen LogP contribution in [-0.4, -0.2) is 37.1 Å². The first-order valence-corrected chi connectivity index (χ1v) is 8.18. The zero-order valence-corrected chi connectivity index (χ0v) is 13.6. The molecule has 1 saturated heterocycles. The molecule has 0 aliphatic carbocycles. The molecule has 22 heavy (non-hydrogen) atoms. The van der Waals surface area contributed by atoms with Crippen molar-refractivity contribution in [2.24, 2.45) is 5.92 Å². The molecule has 0 unspecified atom stereocenters. The quantitative estimate of drug-likeness (QED) is 0.865. The van der Waals surface area contributed by atoms with Gasteiger partial charge in [0.05, 0.1) is 5.02 Å². The SMILES string of the molecule is CCCN1CCC(CNC(=O)Nc2ccc(Cl)c(F)c2)CC1. The molecule has 0 atom stereocenters. The minimum atomic E-state index is -0.539. The van der Waals surface area contributed by atoms with Gasteiger partial charge in [0.15, 0.2) is 0 Å². The number of amides is 2. The minimum Gasteiger partial charge on any atom is -0.338 e. The predicted molar refractivity (Wildman–Crippen MR) is 87.9 cm³/mol. The lowest BCUT2D eigenvalue weighted by atomic mass is 9.97. The van der Waals surface area contributed by atoms with Crippen LogP contribution in [0.3, 0.4) is 0 Å². The molecule has 0 spiro atoms. The Bertz CT molecular complexity index is 504. The van der Waals surface area contributed by atoms with Crippen LogP contribution in [0.2, 0.25) is 5.02 Å². The number of hydrogen-bond acceptors (Lipinski definition) is 2. The van der Waals surface area contributed by atoms with Gasteiger partial charge in [-0.15, -0.1) is 0 Å². The first-order valence-electron chi connectivity index (χ1n) is 7.80. The van der Waals surface area contributed by atoms with Crippen LogP contribution in [0.5, 0.6) is 0 Å². The second-order valence-corrected chi connectivity index (χ2v) is 6.16. The number of anilines is 1. The van der Waals surface area contributed by atoms with Crippen LogP contribution in [-0.2, 0) is 0 Å². The maximum absolute atomic E-state index is 13.3. The molecule has 0 radical (unpaired) electrons. The van der Waals surface area contributed by atoms with E-state index in [1.165, 1.54) is 18.6 Å². The molecule has 4 nitrogen and oxygen atoms in total. The summed E-state index contributed by atoms with van der Waals surface area (Å²) >= 11 is 5.61. The number of nitrogens with one attached hydrogen (secondary N) is 2. The van der Waals surface area contributed by atoms with Crippen molar-refractivity contribution in [3.8, 4) is 0 Å². The van der Waals surface area contributed by atoms with Gasteiger partial charge < -0.3 is 15.5 Å². The van der Waals surface area contributed by atoms with Gasteiger partial charge in [0.25, 0.3) is 0 Å². The second-order valence-electron chi connectivity index (χ2n) is 5.75. The van der Waals surface area contributed by atoms with Crippen molar-refractivity contribution in [2.75, 3.05) is 31.5 Å². The van der Waals surface area contributed by atoms with Crippen LogP contribution >= 0.6 is 11.6 Å². The number of hydrogen-bond donors (Lipinski definition) is 2. The number of nitrogens with zero attached hydrogens (tertiary/aromatic N) is 1. The number of carbonyl (C=O) groups excluding carboxylic acids is 1. The summed E-state index contributed by atoms with van der Waals surface area (Å²) in [6.45, 7) is 6.20. The average Bonchev–Trinajstić information content (AvgIpc) is 2.51. The van der Waals surface area contributed by atoms with Crippen LogP contribution < -0.4 is 10.6 Å². The Kier molecular flexibility index (Phi) is 6.46. The van der Waals surface area contributed by atoms with Gasteiger partial charge in [0, 0.05) is 12.2 Å². The molecule has 2 N–H and O–H groups in total. The predicted octanol–water partition coefficient (Wildman–Crippen LogP) is 3.72. The van der Waals surface area contributed by atoms with Crippen molar-refractivity contribution in [2.45, 2.75) is 26.2 Å². The average molecular weight is 328 g/mol. The fourth-order valence-electron chi connectivity index (χ4n) is 2.72.